The van der Waals surface area contributed by atoms with Crippen LogP contribution in [0.15, 0.2) is 28.6 Å². The van der Waals surface area contributed by atoms with Gasteiger partial charge in [0.15, 0.2) is 5.78 Å². The van der Waals surface area contributed by atoms with E-state index in [0.29, 0.717) is 25.5 Å². The van der Waals surface area contributed by atoms with E-state index in [-0.39, 0.29) is 24.0 Å². The Labute approximate surface area is 151 Å². The number of aryl methyl sites for hydroxylation is 1. The summed E-state index contributed by atoms with van der Waals surface area (Å²) in [6, 6.07) is 3.51. The lowest BCUT2D eigenvalue weighted by Gasteiger charge is -2.06. The first-order valence-corrected chi connectivity index (χ1v) is 9.34. The van der Waals surface area contributed by atoms with Gasteiger partial charge >= 0.3 is 5.97 Å². The van der Waals surface area contributed by atoms with E-state index in [9.17, 15) is 14.4 Å². The van der Waals surface area contributed by atoms with Crippen molar-refractivity contribution in [1.82, 2.24) is 9.55 Å². The van der Waals surface area contributed by atoms with Crippen LogP contribution in [-0.2, 0) is 11.3 Å². The van der Waals surface area contributed by atoms with Gasteiger partial charge < -0.3 is 4.74 Å². The summed E-state index contributed by atoms with van der Waals surface area (Å²) < 4.78 is 6.49. The summed E-state index contributed by atoms with van der Waals surface area (Å²) in [6.07, 6.45) is 1.11. The molecule has 0 aliphatic carbocycles. The van der Waals surface area contributed by atoms with E-state index >= 15 is 0 Å². The summed E-state index contributed by atoms with van der Waals surface area (Å²) in [6.45, 7) is 5.15. The van der Waals surface area contributed by atoms with E-state index in [2.05, 4.69) is 4.98 Å². The number of nitrogens with zero attached hydrogens (tertiary/aromatic N) is 2. The molecule has 0 aliphatic heterocycles. The normalized spacial score (nSPS) is 11.2. The summed E-state index contributed by atoms with van der Waals surface area (Å²) in [5.74, 6) is -0.610. The minimum absolute atomic E-state index is 0.0800. The Bertz CT molecular complexity index is 1000. The first-order chi connectivity index (χ1) is 11.9. The van der Waals surface area contributed by atoms with Crippen LogP contribution in [0.4, 0.5) is 0 Å². The third-order valence-electron chi connectivity index (χ3n) is 3.56. The Balaban J connectivity index is 1.99. The van der Waals surface area contributed by atoms with Crippen molar-refractivity contribution in [1.29, 1.82) is 0 Å². The zero-order chi connectivity index (χ0) is 18.1. The van der Waals surface area contributed by atoms with Crippen molar-refractivity contribution in [2.75, 3.05) is 0 Å². The van der Waals surface area contributed by atoms with E-state index in [1.165, 1.54) is 22.2 Å². The molecule has 0 fully saturated rings. The number of carbonyl (C=O) groups is 2. The molecule has 0 aliphatic rings. The fraction of sp³-hybridized carbons (Fsp3) is 0.294. The Hall–Kier alpha value is -2.32. The quantitative estimate of drug-likeness (QED) is 0.504. The lowest BCUT2D eigenvalue weighted by atomic mass is 10.2. The maximum absolute atomic E-state index is 12.7. The number of thiophene rings is 2. The van der Waals surface area contributed by atoms with Crippen LogP contribution in [0.5, 0.6) is 0 Å². The standard InChI is InChI=1S/C17H16N2O4S2/c1-9(2)23-17(22)14-10(3)13-15(25-14)18-8-19(16(13)21)7-11(20)12-5-4-6-24-12/h4-6,8-9H,7H2,1-3H3. The van der Waals surface area contributed by atoms with Crippen LogP contribution in [-0.4, -0.2) is 27.4 Å². The molecule has 130 valence electrons. The molecule has 0 radical (unpaired) electrons. The molecule has 6 nitrogen and oxygen atoms in total. The molecule has 0 N–H and O–H groups in total. The summed E-state index contributed by atoms with van der Waals surface area (Å²) in [5, 5.41) is 2.18. The molecule has 0 aromatic carbocycles. The van der Waals surface area contributed by atoms with Gasteiger partial charge in [-0.25, -0.2) is 9.78 Å². The zero-order valence-electron chi connectivity index (χ0n) is 13.9. The predicted octanol–water partition coefficient (Wildman–Crippen LogP) is 3.28. The van der Waals surface area contributed by atoms with Crippen LogP contribution in [0.25, 0.3) is 10.2 Å². The highest BCUT2D eigenvalue weighted by atomic mass is 32.1. The van der Waals surface area contributed by atoms with Crippen LogP contribution in [0.1, 0.15) is 38.8 Å². The van der Waals surface area contributed by atoms with E-state index in [0.717, 1.165) is 11.3 Å². The lowest BCUT2D eigenvalue weighted by Crippen LogP contribution is -2.24. The number of esters is 1. The highest BCUT2D eigenvalue weighted by Gasteiger charge is 2.21. The molecule has 3 rings (SSSR count). The Kier molecular flexibility index (Phi) is 4.82. The Morgan fingerprint density at radius 2 is 2.12 bits per heavy atom. The van der Waals surface area contributed by atoms with Crippen molar-refractivity contribution < 1.29 is 14.3 Å². The summed E-state index contributed by atoms with van der Waals surface area (Å²) in [7, 11) is 0. The SMILES string of the molecule is Cc1c(C(=O)OC(C)C)sc2ncn(CC(=O)c3cccs3)c(=O)c12. The predicted molar refractivity (Wildman–Crippen MR) is 97.8 cm³/mol. The van der Waals surface area contributed by atoms with Gasteiger partial charge in [-0.1, -0.05) is 6.07 Å². The van der Waals surface area contributed by atoms with Crippen molar-refractivity contribution in [3.8, 4) is 0 Å². The maximum Gasteiger partial charge on any atom is 0.348 e. The molecular weight excluding hydrogens is 360 g/mol. The second kappa shape index (κ2) is 6.89. The molecule has 0 saturated heterocycles. The van der Waals surface area contributed by atoms with Crippen molar-refractivity contribution in [2.45, 2.75) is 33.4 Å². The van der Waals surface area contributed by atoms with Gasteiger partial charge in [0.1, 0.15) is 9.71 Å². The first-order valence-electron chi connectivity index (χ1n) is 7.64. The van der Waals surface area contributed by atoms with Gasteiger partial charge in [-0.3, -0.25) is 14.2 Å². The second-order valence-electron chi connectivity index (χ2n) is 5.77. The van der Waals surface area contributed by atoms with Crippen molar-refractivity contribution in [2.24, 2.45) is 0 Å². The third kappa shape index (κ3) is 3.40. The first kappa shape index (κ1) is 17.5. The number of hydrogen-bond acceptors (Lipinski definition) is 7. The van der Waals surface area contributed by atoms with E-state index < -0.39 is 5.97 Å². The average molecular weight is 376 g/mol. The van der Waals surface area contributed by atoms with Crippen LogP contribution >= 0.6 is 22.7 Å². The number of ketones is 1. The fourth-order valence-corrected chi connectivity index (χ4v) is 4.08. The number of ether oxygens (including phenoxy) is 1. The molecule has 25 heavy (non-hydrogen) atoms. The molecule has 0 spiro atoms. The van der Waals surface area contributed by atoms with Gasteiger partial charge in [0.25, 0.3) is 5.56 Å². The molecule has 3 aromatic rings. The minimum Gasteiger partial charge on any atom is -0.459 e. The number of aromatic nitrogens is 2. The molecule has 8 heteroatoms. The molecule has 3 heterocycles. The van der Waals surface area contributed by atoms with Crippen LogP contribution in [0, 0.1) is 6.92 Å². The monoisotopic (exact) mass is 376 g/mol. The number of hydrogen-bond donors (Lipinski definition) is 0. The van der Waals surface area contributed by atoms with Gasteiger partial charge in [-0.05, 0) is 37.8 Å². The van der Waals surface area contributed by atoms with Crippen LogP contribution < -0.4 is 5.56 Å². The average Bonchev–Trinajstić information content (AvgIpc) is 3.18. The molecule has 0 saturated carbocycles. The van der Waals surface area contributed by atoms with E-state index in [1.54, 1.807) is 32.9 Å². The smallest absolute Gasteiger partial charge is 0.348 e. The largest absolute Gasteiger partial charge is 0.459 e. The molecule has 0 bridgehead atoms. The van der Waals surface area contributed by atoms with Gasteiger partial charge in [0, 0.05) is 0 Å². The molecule has 0 amide bonds. The number of Topliss-reactive ketones (excluding diaryl/α,β-unsaturated/α-hetero) is 1. The molecular formula is C17H16N2O4S2. The second-order valence-corrected chi connectivity index (χ2v) is 7.72. The molecule has 3 aromatic heterocycles. The van der Waals surface area contributed by atoms with Gasteiger partial charge in [-0.15, -0.1) is 22.7 Å². The number of carbonyl (C=O) groups excluding carboxylic acids is 2. The van der Waals surface area contributed by atoms with Crippen molar-refractivity contribution in [3.05, 3.63) is 49.5 Å². The van der Waals surface area contributed by atoms with Gasteiger partial charge in [0.2, 0.25) is 0 Å². The lowest BCUT2D eigenvalue weighted by molar-refractivity contribution is 0.0383. The van der Waals surface area contributed by atoms with E-state index in [4.69, 9.17) is 4.74 Å². The van der Waals surface area contributed by atoms with Crippen LogP contribution in [0.2, 0.25) is 0 Å². The highest BCUT2D eigenvalue weighted by molar-refractivity contribution is 7.20. The van der Waals surface area contributed by atoms with Crippen molar-refractivity contribution in [3.63, 3.8) is 0 Å². The zero-order valence-corrected chi connectivity index (χ0v) is 15.6. The third-order valence-corrected chi connectivity index (χ3v) is 5.65. The van der Waals surface area contributed by atoms with Crippen molar-refractivity contribution >= 4 is 44.6 Å². The van der Waals surface area contributed by atoms with Crippen LogP contribution in [0.3, 0.4) is 0 Å². The fourth-order valence-electron chi connectivity index (χ4n) is 2.40. The highest BCUT2D eigenvalue weighted by Crippen LogP contribution is 2.27. The number of rotatable bonds is 5. The maximum atomic E-state index is 12.7. The van der Waals surface area contributed by atoms with E-state index in [1.807, 2.05) is 5.38 Å². The Morgan fingerprint density at radius 3 is 2.76 bits per heavy atom. The Morgan fingerprint density at radius 1 is 1.36 bits per heavy atom. The summed E-state index contributed by atoms with van der Waals surface area (Å²) in [4.78, 5) is 42.8. The summed E-state index contributed by atoms with van der Waals surface area (Å²) >= 11 is 2.46. The molecule has 0 atom stereocenters. The minimum atomic E-state index is -0.462. The van der Waals surface area contributed by atoms with Gasteiger partial charge in [0.05, 0.1) is 29.2 Å². The topological polar surface area (TPSA) is 78.3 Å². The number of fused-ring (bicyclic) bond motifs is 1. The van der Waals surface area contributed by atoms with Gasteiger partial charge in [-0.2, -0.15) is 0 Å². The molecule has 0 unspecified atom stereocenters. The summed E-state index contributed by atoms with van der Waals surface area (Å²) in [5.41, 5.74) is 0.216.